The third kappa shape index (κ3) is 39.6. The van der Waals surface area contributed by atoms with E-state index < -0.39 is 11.8 Å². The summed E-state index contributed by atoms with van der Waals surface area (Å²) in [6, 6.07) is 34.8. The van der Waals surface area contributed by atoms with E-state index in [-0.39, 0.29) is 112 Å². The molecule has 0 saturated carbocycles. The Kier molecular flexibility index (Phi) is 44.9. The van der Waals surface area contributed by atoms with Gasteiger partial charge in [0, 0.05) is 193 Å². The molecule has 2 saturated heterocycles. The van der Waals surface area contributed by atoms with Gasteiger partial charge in [0.1, 0.15) is 17.6 Å². The Hall–Kier alpha value is -11.2. The fraction of sp³-hybridized carbons (Fsp3) is 0.483. The molecule has 642 valence electrons. The van der Waals surface area contributed by atoms with Gasteiger partial charge in [0.25, 0.3) is 11.8 Å². The van der Waals surface area contributed by atoms with Gasteiger partial charge in [-0.15, -0.1) is 17.8 Å². The van der Waals surface area contributed by atoms with Crippen molar-refractivity contribution < 1.29 is 60.3 Å². The smallest absolute Gasteiger partial charge is 0.287 e. The van der Waals surface area contributed by atoms with Crippen molar-refractivity contribution in [2.24, 2.45) is 35.5 Å². The van der Waals surface area contributed by atoms with Gasteiger partial charge in [-0.25, -0.2) is 18.2 Å². The molecule has 0 bridgehead atoms. The highest BCUT2D eigenvalue weighted by atomic mass is 32.1. The Bertz CT molecular complexity index is 4270. The van der Waals surface area contributed by atoms with Crippen LogP contribution in [0.1, 0.15) is 136 Å². The predicted octanol–water partition coefficient (Wildman–Crippen LogP) is 12.5. The third-order valence-electron chi connectivity index (χ3n) is 17.6. The summed E-state index contributed by atoms with van der Waals surface area (Å²) in [4.78, 5) is 105. The molecule has 5 aromatic carbocycles. The fourth-order valence-corrected chi connectivity index (χ4v) is 11.5. The first kappa shape index (κ1) is 101. The van der Waals surface area contributed by atoms with Crippen LogP contribution in [0.2, 0.25) is 0 Å². The molecule has 31 heteroatoms. The van der Waals surface area contributed by atoms with Gasteiger partial charge in [-0.05, 0) is 110 Å². The Morgan fingerprint density at radius 1 is 0.475 bits per heavy atom. The number of benzene rings is 5. The number of rotatable bonds is 30. The lowest BCUT2D eigenvalue weighted by atomic mass is 10.0. The zero-order valence-electron chi connectivity index (χ0n) is 70.9. The number of para-hydroxylation sites is 1. The van der Waals surface area contributed by atoms with E-state index >= 15 is 0 Å². The number of halogens is 5. The van der Waals surface area contributed by atoms with E-state index in [1.54, 1.807) is 33.8 Å². The topological polar surface area (TPSA) is 330 Å². The van der Waals surface area contributed by atoms with Crippen molar-refractivity contribution in [1.82, 2.24) is 45.9 Å². The summed E-state index contributed by atoms with van der Waals surface area (Å²) in [5.41, 5.74) is 6.86. The molecule has 0 radical (unpaired) electrons. The van der Waals surface area contributed by atoms with Crippen molar-refractivity contribution in [3.8, 4) is 24.5 Å². The van der Waals surface area contributed by atoms with Crippen LogP contribution in [0.5, 0.6) is 0 Å². The van der Waals surface area contributed by atoms with E-state index in [9.17, 15) is 60.3 Å². The maximum absolute atomic E-state index is 13.3. The van der Waals surface area contributed by atoms with Crippen LogP contribution in [-0.2, 0) is 50.2 Å². The minimum Gasteiger partial charge on any atom is -0.383 e. The number of piperazine rings is 2. The van der Waals surface area contributed by atoms with Crippen molar-refractivity contribution in [3.63, 3.8) is 0 Å². The van der Waals surface area contributed by atoms with Gasteiger partial charge >= 0.3 is 0 Å². The van der Waals surface area contributed by atoms with Gasteiger partial charge in [0.2, 0.25) is 47.3 Å². The average molecular weight is 1660 g/mol. The largest absolute Gasteiger partial charge is 0.383 e. The number of aromatic nitrogens is 1. The Morgan fingerprint density at radius 2 is 0.898 bits per heavy atom. The molecule has 8 amide bonds. The molecule has 0 spiro atoms. The molecule has 0 atom stereocenters. The normalized spacial score (nSPS) is 12.6. The Balaban J connectivity index is 0.000000367. The van der Waals surface area contributed by atoms with Crippen LogP contribution in [0.15, 0.2) is 115 Å². The molecule has 6 aromatic rings. The summed E-state index contributed by atoms with van der Waals surface area (Å²) >= 11 is 1.13. The van der Waals surface area contributed by atoms with Crippen LogP contribution in [-0.4, -0.2) is 190 Å². The number of anilines is 6. The number of nitrogens with zero attached hydrogens (tertiary/aromatic N) is 7. The van der Waals surface area contributed by atoms with Gasteiger partial charge in [0.05, 0.1) is 36.0 Å². The minimum atomic E-state index is -3.05. The van der Waals surface area contributed by atoms with Crippen molar-refractivity contribution in [1.29, 1.82) is 10.5 Å². The molecule has 1 aromatic heterocycles. The second-order valence-electron chi connectivity index (χ2n) is 30.0. The third-order valence-corrected chi connectivity index (χ3v) is 18.4. The van der Waals surface area contributed by atoms with Gasteiger partial charge in [-0.2, -0.15) is 19.3 Å². The predicted molar refractivity (Wildman–Crippen MR) is 459 cm³/mol. The molecule has 2 aliphatic heterocycles. The Morgan fingerprint density at radius 3 is 1.31 bits per heavy atom. The van der Waals surface area contributed by atoms with Gasteiger partial charge < -0.3 is 63.0 Å². The van der Waals surface area contributed by atoms with Gasteiger partial charge in [-0.1, -0.05) is 113 Å². The number of carbonyl (C=O) groups excluding carboxylic acids is 8. The van der Waals surface area contributed by atoms with Crippen molar-refractivity contribution in [2.45, 2.75) is 123 Å². The maximum Gasteiger partial charge on any atom is 0.287 e. The molecule has 8 rings (SSSR count). The molecular formula is C87H120F5N17O8S. The number of nitriles is 2. The van der Waals surface area contributed by atoms with Crippen molar-refractivity contribution >= 4 is 92.2 Å². The highest BCUT2D eigenvalue weighted by Crippen LogP contribution is 2.32. The van der Waals surface area contributed by atoms with E-state index in [0.717, 1.165) is 72.0 Å². The summed E-state index contributed by atoms with van der Waals surface area (Å²) in [5, 5.41) is 48.7. The standard InChI is InChI=1S/C17H25N3O2.C16H22FN3O2.C15H19F2N3O.C14H19N3O.C14H18N2O.C11H17F2N3OS/c1-13(2)17(22)20-10-8-19(9-11-20)12-16(21)18-15-7-5-4-6-14(15)3;1-12(2)16(22)20-9-7-19(8-10-20)11-15(21)18-14-5-3-13(17)4-6-14;1-10(2)14(21)20-7-6-19-12-4-5-13(15(3,16)17)11(8-12)9-18;1-10(2)14(18)17-7-6-16-13-5-4-11(3)8-12(13)9-15;1-4-12-5-7-13(8-6-12)15-9-10-16-14(17)11(2)3;1-7(2)9(17)14-4-5-15-10-16-8(6-18-10)11(3,12)13/h4-7,13H,8-12H2,1-3H3,(H,18,21);3-6,12H,7-11H2,1-2H3,(H,18,21);4-5,8,10,19H,6-7H2,1-3H3,(H,20,21);4-5,8,10,16H,6-7H2,1-3H3,(H,17,18);1,5-8,11,15H,9-10H2,2-3H3,(H,16,17);6-7H,4-5H2,1-3H3,(H,14,17)(H,15,16). The first-order valence-electron chi connectivity index (χ1n) is 39.5. The summed E-state index contributed by atoms with van der Waals surface area (Å²) in [6.07, 6.45) is 5.27. The lowest BCUT2D eigenvalue weighted by Crippen LogP contribution is -2.51. The van der Waals surface area contributed by atoms with E-state index in [2.05, 4.69) is 75.0 Å². The Labute approximate surface area is 697 Å². The number of hydrogen-bond acceptors (Lipinski definition) is 18. The molecule has 0 unspecified atom stereocenters. The second-order valence-corrected chi connectivity index (χ2v) is 30.8. The van der Waals surface area contributed by atoms with Crippen LogP contribution < -0.4 is 53.2 Å². The number of nitrogens with one attached hydrogen (secondary N) is 10. The summed E-state index contributed by atoms with van der Waals surface area (Å²) < 4.78 is 65.2. The average Bonchev–Trinajstić information content (AvgIpc) is 1.13. The number of terminal acetylenes is 1. The first-order chi connectivity index (χ1) is 55.6. The summed E-state index contributed by atoms with van der Waals surface area (Å²) in [5.74, 6) is -3.52. The van der Waals surface area contributed by atoms with Gasteiger partial charge in [0.15, 0.2) is 5.13 Å². The molecular weight excluding hydrogens is 1540 g/mol. The molecule has 118 heavy (non-hydrogen) atoms. The zero-order valence-corrected chi connectivity index (χ0v) is 71.8. The fourth-order valence-electron chi connectivity index (χ4n) is 10.6. The quantitative estimate of drug-likeness (QED) is 0.0114. The van der Waals surface area contributed by atoms with Crippen molar-refractivity contribution in [3.05, 3.63) is 159 Å². The van der Waals surface area contributed by atoms with Crippen molar-refractivity contribution in [2.75, 3.05) is 150 Å². The van der Waals surface area contributed by atoms with Crippen LogP contribution in [0.4, 0.5) is 55.5 Å². The lowest BCUT2D eigenvalue weighted by Gasteiger charge is -2.35. The number of hydrogen-bond donors (Lipinski definition) is 10. The second kappa shape index (κ2) is 52.5. The lowest BCUT2D eigenvalue weighted by molar-refractivity contribution is -0.137. The number of carbonyl (C=O) groups is 8. The van der Waals surface area contributed by atoms with E-state index in [0.29, 0.717) is 120 Å². The first-order valence-corrected chi connectivity index (χ1v) is 40.4. The van der Waals surface area contributed by atoms with Crippen LogP contribution in [0, 0.1) is 90.2 Å². The van der Waals surface area contributed by atoms with E-state index in [1.165, 1.54) is 47.8 Å². The van der Waals surface area contributed by atoms with Crippen LogP contribution in [0.3, 0.4) is 0 Å². The summed E-state index contributed by atoms with van der Waals surface area (Å²) in [7, 11) is 0. The number of aryl methyl sites for hydroxylation is 2. The molecule has 2 fully saturated rings. The molecule has 2 aliphatic rings. The highest BCUT2D eigenvalue weighted by molar-refractivity contribution is 7.13. The minimum absolute atomic E-state index is 0.000885. The van der Waals surface area contributed by atoms with E-state index in [4.69, 9.17) is 16.9 Å². The molecule has 3 heterocycles. The number of thiazole rings is 1. The maximum atomic E-state index is 13.3. The SMILES string of the molecule is C#Cc1ccc(NCCNC(=O)C(C)C)cc1.CC(C)C(=O)N1CCN(CC(=O)Nc2ccc(F)cc2)CC1.CC(C)C(=O)NCCNc1ccc(C(C)(F)F)c(C#N)c1.CC(C)C(=O)NCCNc1nc(C(C)(F)F)cs1.Cc1ccc(NCCNC(=O)C(C)C)c(C#N)c1.Cc1ccccc1NC(=O)CN1CCN(C(=O)C(C)C)CC1. The number of alkyl halides is 4. The molecule has 0 aliphatic carbocycles. The monoisotopic (exact) mass is 1660 g/mol. The zero-order chi connectivity index (χ0) is 88.2. The van der Waals surface area contributed by atoms with Crippen LogP contribution in [0.25, 0.3) is 0 Å². The molecule has 25 nitrogen and oxygen atoms in total. The molecule has 10 N–H and O–H groups in total. The van der Waals surface area contributed by atoms with Gasteiger partial charge in [-0.3, -0.25) is 48.2 Å². The summed E-state index contributed by atoms with van der Waals surface area (Å²) in [6.45, 7) is 38.3. The number of amides is 8. The van der Waals surface area contributed by atoms with Crippen LogP contribution >= 0.6 is 11.3 Å². The highest BCUT2D eigenvalue weighted by Gasteiger charge is 2.30. The van der Waals surface area contributed by atoms with E-state index in [1.807, 2.05) is 151 Å².